The van der Waals surface area contributed by atoms with E-state index in [4.69, 9.17) is 16.3 Å². The van der Waals surface area contributed by atoms with Crippen molar-refractivity contribution in [2.24, 2.45) is 0 Å². The molecular weight excluding hydrogens is 598 g/mol. The minimum atomic E-state index is -4.24. The van der Waals surface area contributed by atoms with Gasteiger partial charge in [-0.15, -0.1) is 0 Å². The van der Waals surface area contributed by atoms with Gasteiger partial charge in [0.05, 0.1) is 17.2 Å². The van der Waals surface area contributed by atoms with Gasteiger partial charge in [-0.1, -0.05) is 90.5 Å². The fourth-order valence-electron chi connectivity index (χ4n) is 4.83. The van der Waals surface area contributed by atoms with Crippen molar-refractivity contribution in [2.75, 3.05) is 24.0 Å². The van der Waals surface area contributed by atoms with Gasteiger partial charge in [0.25, 0.3) is 10.0 Å². The molecule has 0 bridgehead atoms. The van der Waals surface area contributed by atoms with Crippen LogP contribution in [0.25, 0.3) is 0 Å². The van der Waals surface area contributed by atoms with Crippen molar-refractivity contribution in [1.82, 2.24) is 10.2 Å². The molecule has 44 heavy (non-hydrogen) atoms. The second-order valence-corrected chi connectivity index (χ2v) is 12.2. The number of rotatable bonds is 14. The van der Waals surface area contributed by atoms with Crippen LogP contribution in [0.1, 0.15) is 25.0 Å². The van der Waals surface area contributed by atoms with E-state index in [0.29, 0.717) is 29.5 Å². The normalized spacial score (nSPS) is 11.8. The van der Waals surface area contributed by atoms with E-state index in [0.717, 1.165) is 9.87 Å². The van der Waals surface area contributed by atoms with Crippen LogP contribution in [0.3, 0.4) is 0 Å². The average Bonchev–Trinajstić information content (AvgIpc) is 3.04. The van der Waals surface area contributed by atoms with Gasteiger partial charge in [-0.25, -0.2) is 8.42 Å². The van der Waals surface area contributed by atoms with Gasteiger partial charge in [-0.3, -0.25) is 13.9 Å². The number of hydrogen-bond donors (Lipinski definition) is 1. The SMILES string of the molecule is CCNC(=O)[C@H](Cc1ccccc1)N(Cc1ccccc1Cl)C(=O)CN(c1ccccc1OCC)S(=O)(=O)c1ccccc1. The molecule has 2 amide bonds. The van der Waals surface area contributed by atoms with Gasteiger partial charge in [-0.2, -0.15) is 0 Å². The molecule has 0 fully saturated rings. The molecule has 8 nitrogen and oxygen atoms in total. The Morgan fingerprint density at radius 3 is 2.11 bits per heavy atom. The quantitative estimate of drug-likeness (QED) is 0.192. The van der Waals surface area contributed by atoms with Crippen LogP contribution >= 0.6 is 11.6 Å². The largest absolute Gasteiger partial charge is 0.492 e. The molecule has 1 atom stereocenters. The molecule has 0 saturated carbocycles. The molecule has 1 N–H and O–H groups in total. The Bertz CT molecular complexity index is 1650. The summed E-state index contributed by atoms with van der Waals surface area (Å²) < 4.78 is 35.1. The standard InChI is InChI=1S/C34H36ClN3O5S/c1-3-36-34(40)31(23-26-15-7-5-8-16-26)37(24-27-17-11-12-20-29(27)35)33(39)25-38(30-21-13-14-22-32(30)43-4-2)44(41,42)28-18-9-6-10-19-28/h5-22,31H,3-4,23-25H2,1-2H3,(H,36,40)/t31-/m0/s1. The predicted octanol–water partition coefficient (Wildman–Crippen LogP) is 5.71. The number of para-hydroxylation sites is 2. The lowest BCUT2D eigenvalue weighted by Gasteiger charge is -2.34. The summed E-state index contributed by atoms with van der Waals surface area (Å²) in [6.07, 6.45) is 0.212. The van der Waals surface area contributed by atoms with Gasteiger partial charge in [0.1, 0.15) is 18.3 Å². The Labute approximate surface area is 264 Å². The lowest BCUT2D eigenvalue weighted by molar-refractivity contribution is -0.140. The first kappa shape index (κ1) is 32.6. The van der Waals surface area contributed by atoms with Crippen LogP contribution < -0.4 is 14.4 Å². The van der Waals surface area contributed by atoms with E-state index in [1.165, 1.54) is 17.0 Å². The topological polar surface area (TPSA) is 96.0 Å². The van der Waals surface area contributed by atoms with Crippen molar-refractivity contribution in [3.05, 3.63) is 125 Å². The molecular formula is C34H36ClN3O5S. The average molecular weight is 634 g/mol. The number of nitrogens with one attached hydrogen (secondary N) is 1. The van der Waals surface area contributed by atoms with E-state index in [2.05, 4.69) is 5.32 Å². The fraction of sp³-hybridized carbons (Fsp3) is 0.235. The maximum atomic E-state index is 14.5. The van der Waals surface area contributed by atoms with Crippen LogP contribution in [-0.4, -0.2) is 50.9 Å². The maximum absolute atomic E-state index is 14.5. The highest BCUT2D eigenvalue weighted by Gasteiger charge is 2.35. The number of sulfonamides is 1. The van der Waals surface area contributed by atoms with E-state index in [9.17, 15) is 18.0 Å². The number of anilines is 1. The molecule has 4 rings (SSSR count). The highest BCUT2D eigenvalue weighted by atomic mass is 35.5. The Balaban J connectivity index is 1.83. The van der Waals surface area contributed by atoms with Gasteiger partial charge in [-0.05, 0) is 55.3 Å². The molecule has 0 aromatic heterocycles. The minimum absolute atomic E-state index is 0.0144. The zero-order valence-electron chi connectivity index (χ0n) is 24.7. The van der Waals surface area contributed by atoms with Crippen LogP contribution in [0.15, 0.2) is 114 Å². The first-order valence-corrected chi connectivity index (χ1v) is 16.2. The Morgan fingerprint density at radius 1 is 0.841 bits per heavy atom. The number of halogens is 1. The summed E-state index contributed by atoms with van der Waals surface area (Å²) in [5, 5.41) is 3.28. The van der Waals surface area contributed by atoms with Gasteiger partial charge in [0, 0.05) is 24.5 Å². The first-order valence-electron chi connectivity index (χ1n) is 14.4. The lowest BCUT2D eigenvalue weighted by Crippen LogP contribution is -2.53. The third kappa shape index (κ3) is 7.98. The summed E-state index contributed by atoms with van der Waals surface area (Å²) >= 11 is 6.53. The molecule has 0 radical (unpaired) electrons. The van der Waals surface area contributed by atoms with Crippen molar-refractivity contribution in [2.45, 2.75) is 37.8 Å². The molecule has 0 aliphatic rings. The highest BCUT2D eigenvalue weighted by Crippen LogP contribution is 2.33. The number of likely N-dealkylation sites (N-methyl/N-ethyl adjacent to an activating group) is 1. The number of benzene rings is 4. The van der Waals surface area contributed by atoms with E-state index < -0.39 is 28.5 Å². The summed E-state index contributed by atoms with van der Waals surface area (Å²) in [5.41, 5.74) is 1.68. The molecule has 0 heterocycles. The molecule has 0 aliphatic heterocycles. The van der Waals surface area contributed by atoms with Crippen molar-refractivity contribution >= 4 is 39.1 Å². The van der Waals surface area contributed by atoms with Crippen LogP contribution in [0, 0.1) is 0 Å². The van der Waals surface area contributed by atoms with Gasteiger partial charge >= 0.3 is 0 Å². The number of hydrogen-bond acceptors (Lipinski definition) is 5. The summed E-state index contributed by atoms with van der Waals surface area (Å²) in [6.45, 7) is 3.64. The van der Waals surface area contributed by atoms with Crippen molar-refractivity contribution in [1.29, 1.82) is 0 Å². The zero-order chi connectivity index (χ0) is 31.5. The second kappa shape index (κ2) is 15.4. The second-order valence-electron chi connectivity index (χ2n) is 9.94. The highest BCUT2D eigenvalue weighted by molar-refractivity contribution is 7.92. The Kier molecular flexibility index (Phi) is 11.4. The molecule has 4 aromatic carbocycles. The molecule has 4 aromatic rings. The van der Waals surface area contributed by atoms with E-state index in [-0.39, 0.29) is 29.5 Å². The number of ether oxygens (including phenoxy) is 1. The molecule has 230 valence electrons. The lowest BCUT2D eigenvalue weighted by atomic mass is 10.0. The monoisotopic (exact) mass is 633 g/mol. The molecule has 0 unspecified atom stereocenters. The Morgan fingerprint density at radius 2 is 1.45 bits per heavy atom. The minimum Gasteiger partial charge on any atom is -0.492 e. The van der Waals surface area contributed by atoms with Crippen molar-refractivity contribution < 1.29 is 22.7 Å². The predicted molar refractivity (Wildman–Crippen MR) is 173 cm³/mol. The van der Waals surface area contributed by atoms with Crippen LogP contribution in [0.5, 0.6) is 5.75 Å². The van der Waals surface area contributed by atoms with Crippen LogP contribution in [-0.2, 0) is 32.6 Å². The van der Waals surface area contributed by atoms with Crippen LogP contribution in [0.4, 0.5) is 5.69 Å². The van der Waals surface area contributed by atoms with Gasteiger partial charge < -0.3 is 15.0 Å². The Hall–Kier alpha value is -4.34. The smallest absolute Gasteiger partial charge is 0.264 e. The molecule has 10 heteroatoms. The van der Waals surface area contributed by atoms with Crippen molar-refractivity contribution in [3.8, 4) is 5.75 Å². The number of amides is 2. The van der Waals surface area contributed by atoms with E-state index in [1.807, 2.05) is 30.3 Å². The van der Waals surface area contributed by atoms with Crippen molar-refractivity contribution in [3.63, 3.8) is 0 Å². The fourth-order valence-corrected chi connectivity index (χ4v) is 6.47. The van der Waals surface area contributed by atoms with E-state index in [1.54, 1.807) is 80.6 Å². The van der Waals surface area contributed by atoms with Gasteiger partial charge in [0.2, 0.25) is 11.8 Å². The van der Waals surface area contributed by atoms with Gasteiger partial charge in [0.15, 0.2) is 0 Å². The first-order chi connectivity index (χ1) is 21.3. The van der Waals surface area contributed by atoms with E-state index >= 15 is 0 Å². The third-order valence-corrected chi connectivity index (χ3v) is 9.11. The third-order valence-electron chi connectivity index (χ3n) is 6.96. The summed E-state index contributed by atoms with van der Waals surface area (Å²) in [4.78, 5) is 29.5. The summed E-state index contributed by atoms with van der Waals surface area (Å²) in [5.74, 6) is -0.628. The molecule has 0 spiro atoms. The van der Waals surface area contributed by atoms with Crippen LogP contribution in [0.2, 0.25) is 5.02 Å². The summed E-state index contributed by atoms with van der Waals surface area (Å²) in [6, 6.07) is 30.1. The molecule has 0 aliphatic carbocycles. The molecule has 0 saturated heterocycles. The summed E-state index contributed by atoms with van der Waals surface area (Å²) in [7, 11) is -4.24. The number of nitrogens with zero attached hydrogens (tertiary/aromatic N) is 2. The maximum Gasteiger partial charge on any atom is 0.264 e. The zero-order valence-corrected chi connectivity index (χ0v) is 26.3. The number of carbonyl (C=O) groups excluding carboxylic acids is 2. The number of carbonyl (C=O) groups is 2.